The third-order valence-corrected chi connectivity index (χ3v) is 6.10. The first-order valence-electron chi connectivity index (χ1n) is 9.68. The Balaban J connectivity index is 1.66. The fourth-order valence-electron chi connectivity index (χ4n) is 4.07. The van der Waals surface area contributed by atoms with E-state index in [-0.39, 0.29) is 15.9 Å². The van der Waals surface area contributed by atoms with Crippen molar-refractivity contribution < 1.29 is 13.2 Å². The van der Waals surface area contributed by atoms with Crippen LogP contribution in [0.2, 0.25) is 0 Å². The molecule has 0 saturated heterocycles. The van der Waals surface area contributed by atoms with Gasteiger partial charge in [-0.3, -0.25) is 8.97 Å². The van der Waals surface area contributed by atoms with Crippen molar-refractivity contribution in [3.63, 3.8) is 0 Å². The summed E-state index contributed by atoms with van der Waals surface area (Å²) in [5.74, 6) is 1.27. The van der Waals surface area contributed by atoms with Crippen LogP contribution in [0.15, 0.2) is 58.3 Å². The predicted octanol–water partition coefficient (Wildman–Crippen LogP) is 4.54. The molecule has 0 bridgehead atoms. The van der Waals surface area contributed by atoms with Gasteiger partial charge in [0, 0.05) is 29.8 Å². The van der Waals surface area contributed by atoms with Gasteiger partial charge in [0.2, 0.25) is 0 Å². The summed E-state index contributed by atoms with van der Waals surface area (Å²) in [5.41, 5.74) is -0.179. The number of pyridine rings is 1. The minimum Gasteiger partial charge on any atom is -0.320 e. The molecule has 3 heterocycles. The number of alkyl halides is 3. The first-order valence-corrected chi connectivity index (χ1v) is 10.5. The molecule has 1 saturated carbocycles. The van der Waals surface area contributed by atoms with Gasteiger partial charge in [-0.05, 0) is 58.5 Å². The number of aryl methyl sites for hydroxylation is 1. The molecular formula is C21H17BrF3N5O. The van der Waals surface area contributed by atoms with Gasteiger partial charge in [0.15, 0.2) is 0 Å². The molecule has 4 aromatic rings. The van der Waals surface area contributed by atoms with Gasteiger partial charge in [0.25, 0.3) is 0 Å². The van der Waals surface area contributed by atoms with Crippen LogP contribution in [-0.2, 0) is 13.2 Å². The third kappa shape index (κ3) is 3.48. The van der Waals surface area contributed by atoms with Crippen molar-refractivity contribution in [2.45, 2.75) is 24.9 Å². The van der Waals surface area contributed by atoms with Gasteiger partial charge >= 0.3 is 11.9 Å². The highest BCUT2D eigenvalue weighted by atomic mass is 79.9. The molecule has 1 aliphatic rings. The van der Waals surface area contributed by atoms with Crippen LogP contribution in [-0.4, -0.2) is 23.7 Å². The van der Waals surface area contributed by atoms with Crippen LogP contribution in [0.4, 0.5) is 13.2 Å². The minimum atomic E-state index is -4.59. The quantitative estimate of drug-likeness (QED) is 0.421. The summed E-state index contributed by atoms with van der Waals surface area (Å²) in [4.78, 5) is 13.0. The van der Waals surface area contributed by atoms with Gasteiger partial charge in [-0.1, -0.05) is 12.1 Å². The number of halogens is 4. The number of benzene rings is 1. The summed E-state index contributed by atoms with van der Waals surface area (Å²) in [6.45, 7) is 0. The zero-order valence-electron chi connectivity index (χ0n) is 16.3. The second-order valence-corrected chi connectivity index (χ2v) is 8.73. The fourth-order valence-corrected chi connectivity index (χ4v) is 4.50. The second kappa shape index (κ2) is 7.08. The number of fused-ring (bicyclic) bond motifs is 1. The van der Waals surface area contributed by atoms with Crippen LogP contribution in [0.5, 0.6) is 0 Å². The molecule has 0 amide bonds. The van der Waals surface area contributed by atoms with Crippen molar-refractivity contribution in [2.75, 3.05) is 0 Å². The zero-order valence-corrected chi connectivity index (χ0v) is 17.9. The normalized spacial score (nSPS) is 15.5. The number of hydrogen-bond acceptors (Lipinski definition) is 3. The zero-order chi connectivity index (χ0) is 21.9. The second-order valence-electron chi connectivity index (χ2n) is 7.82. The van der Waals surface area contributed by atoms with Gasteiger partial charge in [-0.15, -0.1) is 10.2 Å². The number of hydrogen-bond donors (Lipinski definition) is 0. The van der Waals surface area contributed by atoms with Crippen LogP contribution in [0.25, 0.3) is 11.2 Å². The summed E-state index contributed by atoms with van der Waals surface area (Å²) < 4.78 is 44.9. The van der Waals surface area contributed by atoms with E-state index in [9.17, 15) is 18.0 Å². The van der Waals surface area contributed by atoms with Crippen molar-refractivity contribution in [3.8, 4) is 5.69 Å². The van der Waals surface area contributed by atoms with Crippen molar-refractivity contribution in [3.05, 3.63) is 81.0 Å². The Morgan fingerprint density at radius 3 is 2.61 bits per heavy atom. The molecule has 3 aromatic heterocycles. The summed E-state index contributed by atoms with van der Waals surface area (Å²) in [6, 6.07) is 8.31. The van der Waals surface area contributed by atoms with Crippen molar-refractivity contribution in [1.29, 1.82) is 0 Å². The maximum absolute atomic E-state index is 13.5. The largest absolute Gasteiger partial charge is 0.418 e. The summed E-state index contributed by atoms with van der Waals surface area (Å²) >= 11 is 3.07. The SMILES string of the molecule is Cn1cnnc1[C@H](c1cccc(-n2cc3c(C(F)(F)F)cc(Br)cn3c2=O)c1)C1CC1. The summed E-state index contributed by atoms with van der Waals surface area (Å²) in [6.07, 6.45) is 1.79. The van der Waals surface area contributed by atoms with E-state index in [4.69, 9.17) is 0 Å². The maximum atomic E-state index is 13.5. The number of imidazole rings is 1. The molecule has 160 valence electrons. The molecule has 0 unspecified atom stereocenters. The van der Waals surface area contributed by atoms with Gasteiger partial charge in [0.1, 0.15) is 12.2 Å². The first-order chi connectivity index (χ1) is 14.7. The topological polar surface area (TPSA) is 57.1 Å². The average molecular weight is 492 g/mol. The van der Waals surface area contributed by atoms with Gasteiger partial charge in [0.05, 0.1) is 16.8 Å². The van der Waals surface area contributed by atoms with E-state index in [0.29, 0.717) is 11.6 Å². The highest BCUT2D eigenvalue weighted by Gasteiger charge is 2.37. The molecule has 6 nitrogen and oxygen atoms in total. The highest BCUT2D eigenvalue weighted by molar-refractivity contribution is 9.10. The van der Waals surface area contributed by atoms with E-state index < -0.39 is 17.4 Å². The highest BCUT2D eigenvalue weighted by Crippen LogP contribution is 2.46. The summed E-state index contributed by atoms with van der Waals surface area (Å²) in [7, 11) is 1.89. The molecule has 0 N–H and O–H groups in total. The molecular weight excluding hydrogens is 475 g/mol. The van der Waals surface area contributed by atoms with E-state index in [1.54, 1.807) is 12.4 Å². The molecule has 31 heavy (non-hydrogen) atoms. The van der Waals surface area contributed by atoms with E-state index in [1.807, 2.05) is 29.8 Å². The first kappa shape index (κ1) is 20.0. The lowest BCUT2D eigenvalue weighted by molar-refractivity contribution is -0.136. The predicted molar refractivity (Wildman–Crippen MR) is 111 cm³/mol. The number of nitrogens with zero attached hydrogens (tertiary/aromatic N) is 5. The van der Waals surface area contributed by atoms with Crippen molar-refractivity contribution >= 4 is 21.4 Å². The van der Waals surface area contributed by atoms with E-state index >= 15 is 0 Å². The Morgan fingerprint density at radius 2 is 1.97 bits per heavy atom. The van der Waals surface area contributed by atoms with Gasteiger partial charge in [-0.2, -0.15) is 13.2 Å². The molecule has 0 radical (unpaired) electrons. The standard InChI is InChI=1S/C21H17BrF3N5O/c1-28-11-26-27-19(28)18(12-5-6-12)13-3-2-4-15(7-13)29-10-17-16(21(23,24)25)8-14(22)9-30(17)20(29)31/h2-4,7-12,18H,5-6H2,1H3/t18-/m0/s1. The van der Waals surface area contributed by atoms with Gasteiger partial charge in [-0.25, -0.2) is 4.79 Å². The van der Waals surface area contributed by atoms with E-state index in [1.165, 1.54) is 17.0 Å². The molecule has 0 spiro atoms. The maximum Gasteiger partial charge on any atom is 0.418 e. The lowest BCUT2D eigenvalue weighted by Gasteiger charge is -2.17. The summed E-state index contributed by atoms with van der Waals surface area (Å²) in [5, 5.41) is 8.25. The minimum absolute atomic E-state index is 0.0139. The fraction of sp³-hybridized carbons (Fsp3) is 0.286. The van der Waals surface area contributed by atoms with Crippen LogP contribution < -0.4 is 5.69 Å². The van der Waals surface area contributed by atoms with Crippen LogP contribution in [0.3, 0.4) is 0 Å². The number of rotatable bonds is 4. The van der Waals surface area contributed by atoms with Crippen molar-refractivity contribution in [2.24, 2.45) is 13.0 Å². The lowest BCUT2D eigenvalue weighted by atomic mass is 9.93. The van der Waals surface area contributed by atoms with Crippen LogP contribution in [0.1, 0.15) is 35.7 Å². The van der Waals surface area contributed by atoms with Crippen LogP contribution >= 0.6 is 15.9 Å². The van der Waals surface area contributed by atoms with E-state index in [2.05, 4.69) is 26.1 Å². The molecule has 1 atom stereocenters. The Hall–Kier alpha value is -2.88. The van der Waals surface area contributed by atoms with Gasteiger partial charge < -0.3 is 4.57 Å². The molecule has 1 aliphatic carbocycles. The Labute approximate surface area is 183 Å². The lowest BCUT2D eigenvalue weighted by Crippen LogP contribution is -2.19. The van der Waals surface area contributed by atoms with Crippen LogP contribution in [0, 0.1) is 5.92 Å². The smallest absolute Gasteiger partial charge is 0.320 e. The van der Waals surface area contributed by atoms with E-state index in [0.717, 1.165) is 34.7 Å². The molecule has 5 rings (SSSR count). The van der Waals surface area contributed by atoms with Crippen molar-refractivity contribution in [1.82, 2.24) is 23.7 Å². The molecule has 1 aromatic carbocycles. The molecule has 0 aliphatic heterocycles. The Kier molecular flexibility index (Phi) is 4.58. The molecule has 10 heteroatoms. The third-order valence-electron chi connectivity index (χ3n) is 5.66. The number of aromatic nitrogens is 5. The average Bonchev–Trinajstić information content (AvgIpc) is 3.38. The molecule has 1 fully saturated rings. The monoisotopic (exact) mass is 491 g/mol. The Bertz CT molecular complexity index is 1350. The Morgan fingerprint density at radius 1 is 1.19 bits per heavy atom.